The number of hydrogen-bond donors (Lipinski definition) is 1. The normalized spacial score (nSPS) is 11.3. The van der Waals surface area contributed by atoms with Crippen molar-refractivity contribution in [3.8, 4) is 0 Å². The van der Waals surface area contributed by atoms with Gasteiger partial charge >= 0.3 is 0 Å². The first-order chi connectivity index (χ1) is 12.6. The Balaban J connectivity index is 2.07. The highest BCUT2D eigenvalue weighted by Gasteiger charge is 2.17. The molecule has 1 amide bonds. The summed E-state index contributed by atoms with van der Waals surface area (Å²) in [6, 6.07) is 19.5. The first kappa shape index (κ1) is 16.3. The number of amides is 1. The fourth-order valence-corrected chi connectivity index (χ4v) is 3.48. The maximum atomic E-state index is 14.2. The SMILES string of the molecule is CCc1c[c]c2c3c(C(N)=O)cccc3n(Cc3ccccc3F)c2c1. The Morgan fingerprint density at radius 3 is 2.69 bits per heavy atom. The minimum absolute atomic E-state index is 0.246. The molecular formula is C22H18FN2O. The van der Waals surface area contributed by atoms with Gasteiger partial charge in [0.05, 0.1) is 17.6 Å². The van der Waals surface area contributed by atoms with Gasteiger partial charge in [-0.25, -0.2) is 4.39 Å². The van der Waals surface area contributed by atoms with Gasteiger partial charge in [0.1, 0.15) is 5.82 Å². The Bertz CT molecular complexity index is 1140. The van der Waals surface area contributed by atoms with Gasteiger partial charge in [0, 0.05) is 21.9 Å². The molecule has 0 aliphatic heterocycles. The average Bonchev–Trinajstić information content (AvgIpc) is 2.96. The molecule has 3 nitrogen and oxygen atoms in total. The molecule has 129 valence electrons. The summed E-state index contributed by atoms with van der Waals surface area (Å²) in [5, 5.41) is 1.61. The molecule has 1 heterocycles. The molecule has 0 spiro atoms. The molecule has 2 N–H and O–H groups in total. The molecule has 3 aromatic carbocycles. The highest BCUT2D eigenvalue weighted by molar-refractivity contribution is 6.17. The lowest BCUT2D eigenvalue weighted by Gasteiger charge is -2.09. The highest BCUT2D eigenvalue weighted by atomic mass is 19.1. The Kier molecular flexibility index (Phi) is 3.96. The van der Waals surface area contributed by atoms with E-state index in [0.29, 0.717) is 17.7 Å². The van der Waals surface area contributed by atoms with E-state index < -0.39 is 5.91 Å². The van der Waals surface area contributed by atoms with Crippen LogP contribution in [-0.4, -0.2) is 10.5 Å². The van der Waals surface area contributed by atoms with E-state index in [1.165, 1.54) is 6.07 Å². The van der Waals surface area contributed by atoms with Gasteiger partial charge in [-0.05, 0) is 42.3 Å². The van der Waals surface area contributed by atoms with Gasteiger partial charge in [-0.15, -0.1) is 0 Å². The number of rotatable bonds is 4. The Morgan fingerprint density at radius 2 is 1.96 bits per heavy atom. The number of fused-ring (bicyclic) bond motifs is 3. The first-order valence-corrected chi connectivity index (χ1v) is 8.59. The van der Waals surface area contributed by atoms with Gasteiger partial charge < -0.3 is 10.3 Å². The molecule has 0 aliphatic carbocycles. The van der Waals surface area contributed by atoms with E-state index in [4.69, 9.17) is 5.73 Å². The number of nitrogens with zero attached hydrogens (tertiary/aromatic N) is 1. The monoisotopic (exact) mass is 345 g/mol. The number of aryl methyl sites for hydroxylation is 1. The van der Waals surface area contributed by atoms with E-state index in [2.05, 4.69) is 19.1 Å². The number of nitrogens with two attached hydrogens (primary N) is 1. The number of aromatic nitrogens is 1. The lowest BCUT2D eigenvalue weighted by Crippen LogP contribution is -2.11. The Hall–Kier alpha value is -3.14. The molecule has 0 bridgehead atoms. The van der Waals surface area contributed by atoms with Crippen molar-refractivity contribution in [2.24, 2.45) is 5.73 Å². The van der Waals surface area contributed by atoms with Gasteiger partial charge in [-0.1, -0.05) is 37.3 Å². The maximum Gasteiger partial charge on any atom is 0.249 e. The zero-order chi connectivity index (χ0) is 18.3. The summed E-state index contributed by atoms with van der Waals surface area (Å²) < 4.78 is 16.3. The third-order valence-corrected chi connectivity index (χ3v) is 4.81. The van der Waals surface area contributed by atoms with E-state index in [1.54, 1.807) is 24.3 Å². The van der Waals surface area contributed by atoms with Gasteiger partial charge in [0.15, 0.2) is 0 Å². The summed E-state index contributed by atoms with van der Waals surface area (Å²) in [6.45, 7) is 2.45. The molecular weight excluding hydrogens is 327 g/mol. The van der Waals surface area contributed by atoms with Crippen LogP contribution in [0.4, 0.5) is 4.39 Å². The minimum atomic E-state index is -0.478. The third-order valence-electron chi connectivity index (χ3n) is 4.81. The topological polar surface area (TPSA) is 48.0 Å². The predicted molar refractivity (Wildman–Crippen MR) is 102 cm³/mol. The van der Waals surface area contributed by atoms with E-state index in [1.807, 2.05) is 22.8 Å². The van der Waals surface area contributed by atoms with Crippen LogP contribution in [0.3, 0.4) is 0 Å². The zero-order valence-corrected chi connectivity index (χ0v) is 14.4. The predicted octanol–water partition coefficient (Wildman–Crippen LogP) is 4.44. The second-order valence-electron chi connectivity index (χ2n) is 6.36. The lowest BCUT2D eigenvalue weighted by atomic mass is 10.0. The Labute approximate surface area is 150 Å². The van der Waals surface area contributed by atoms with Crippen LogP contribution in [-0.2, 0) is 13.0 Å². The molecule has 0 saturated heterocycles. The second kappa shape index (κ2) is 6.30. The van der Waals surface area contributed by atoms with Gasteiger partial charge in [0.25, 0.3) is 0 Å². The summed E-state index contributed by atoms with van der Waals surface area (Å²) in [6.07, 6.45) is 0.871. The number of carbonyl (C=O) groups is 1. The van der Waals surface area contributed by atoms with E-state index in [-0.39, 0.29) is 5.82 Å². The lowest BCUT2D eigenvalue weighted by molar-refractivity contribution is 0.100. The molecule has 0 fully saturated rings. The summed E-state index contributed by atoms with van der Waals surface area (Å²) in [4.78, 5) is 11.9. The standard InChI is InChI=1S/C22H18FN2O/c1-2-14-10-11-16-20(12-14)25(13-15-6-3-4-8-18(15)23)19-9-5-7-17(21(16)19)22(24)26/h3-10,12H,2,13H2,1H3,(H2,24,26). The van der Waals surface area contributed by atoms with Crippen molar-refractivity contribution in [3.05, 3.63) is 83.2 Å². The van der Waals surface area contributed by atoms with E-state index in [0.717, 1.165) is 33.8 Å². The average molecular weight is 345 g/mol. The van der Waals surface area contributed by atoms with E-state index in [9.17, 15) is 9.18 Å². The molecule has 0 aliphatic rings. The van der Waals surface area contributed by atoms with Crippen LogP contribution < -0.4 is 5.73 Å². The number of benzene rings is 3. The van der Waals surface area contributed by atoms with Crippen LogP contribution in [0.25, 0.3) is 21.8 Å². The Morgan fingerprint density at radius 1 is 1.15 bits per heavy atom. The summed E-state index contributed by atoms with van der Waals surface area (Å²) in [5.41, 5.74) is 9.56. The molecule has 4 aromatic rings. The molecule has 26 heavy (non-hydrogen) atoms. The number of carbonyl (C=O) groups excluding carboxylic acids is 1. The van der Waals surface area contributed by atoms with Crippen molar-refractivity contribution in [2.75, 3.05) is 0 Å². The van der Waals surface area contributed by atoms with Crippen LogP contribution in [0.1, 0.15) is 28.4 Å². The molecule has 4 heteroatoms. The summed E-state index contributed by atoms with van der Waals surface area (Å²) >= 11 is 0. The molecule has 0 unspecified atom stereocenters. The van der Waals surface area contributed by atoms with Crippen molar-refractivity contribution in [2.45, 2.75) is 19.9 Å². The second-order valence-corrected chi connectivity index (χ2v) is 6.36. The largest absolute Gasteiger partial charge is 0.366 e. The molecule has 4 rings (SSSR count). The number of primary amides is 1. The third kappa shape index (κ3) is 2.54. The molecule has 1 aromatic heterocycles. The van der Waals surface area contributed by atoms with Crippen LogP contribution >= 0.6 is 0 Å². The zero-order valence-electron chi connectivity index (χ0n) is 14.4. The summed E-state index contributed by atoms with van der Waals surface area (Å²) in [5.74, 6) is -0.724. The van der Waals surface area contributed by atoms with Crippen molar-refractivity contribution in [1.82, 2.24) is 4.57 Å². The first-order valence-electron chi connectivity index (χ1n) is 8.59. The highest BCUT2D eigenvalue weighted by Crippen LogP contribution is 2.33. The van der Waals surface area contributed by atoms with Crippen molar-refractivity contribution >= 4 is 27.7 Å². The van der Waals surface area contributed by atoms with Gasteiger partial charge in [0.2, 0.25) is 5.91 Å². The fraction of sp³-hybridized carbons (Fsp3) is 0.136. The fourth-order valence-electron chi connectivity index (χ4n) is 3.48. The van der Waals surface area contributed by atoms with Crippen LogP contribution in [0.15, 0.2) is 54.6 Å². The van der Waals surface area contributed by atoms with Gasteiger partial charge in [-0.3, -0.25) is 4.79 Å². The minimum Gasteiger partial charge on any atom is -0.366 e. The molecule has 1 radical (unpaired) electrons. The molecule has 0 atom stereocenters. The number of halogens is 1. The van der Waals surface area contributed by atoms with Crippen LogP contribution in [0.5, 0.6) is 0 Å². The number of hydrogen-bond acceptors (Lipinski definition) is 1. The van der Waals surface area contributed by atoms with Crippen molar-refractivity contribution in [1.29, 1.82) is 0 Å². The van der Waals surface area contributed by atoms with E-state index >= 15 is 0 Å². The molecule has 0 saturated carbocycles. The van der Waals surface area contributed by atoms with Crippen LogP contribution in [0, 0.1) is 11.9 Å². The summed E-state index contributed by atoms with van der Waals surface area (Å²) in [7, 11) is 0. The smallest absolute Gasteiger partial charge is 0.249 e. The van der Waals surface area contributed by atoms with Crippen molar-refractivity contribution < 1.29 is 9.18 Å². The quantitative estimate of drug-likeness (QED) is 0.584. The maximum absolute atomic E-state index is 14.2. The van der Waals surface area contributed by atoms with Crippen LogP contribution in [0.2, 0.25) is 0 Å². The van der Waals surface area contributed by atoms with Crippen molar-refractivity contribution in [3.63, 3.8) is 0 Å². The van der Waals surface area contributed by atoms with Gasteiger partial charge in [-0.2, -0.15) is 0 Å².